The minimum Gasteiger partial charge on any atom is -0.504 e. The van der Waals surface area contributed by atoms with Crippen LogP contribution in [0, 0.1) is 11.7 Å². The van der Waals surface area contributed by atoms with Gasteiger partial charge in [-0.2, -0.15) is 14.9 Å². The fourth-order valence-corrected chi connectivity index (χ4v) is 2.37. The van der Waals surface area contributed by atoms with E-state index in [2.05, 4.69) is 15.3 Å². The van der Waals surface area contributed by atoms with Crippen molar-refractivity contribution >= 4 is 18.4 Å². The van der Waals surface area contributed by atoms with Gasteiger partial charge >= 0.3 is 0 Å². The smallest absolute Gasteiger partial charge is 0.216 e. The third-order valence-electron chi connectivity index (χ3n) is 3.49. The maximum absolute atomic E-state index is 9.64. The number of ether oxygens (including phenoxy) is 1. The average molecular weight is 340 g/mol. The molecule has 7 heteroatoms. The number of aromatic nitrogens is 3. The molecule has 2 aromatic carbocycles. The Hall–Kier alpha value is -2.93. The molecule has 0 radical (unpaired) electrons. The summed E-state index contributed by atoms with van der Waals surface area (Å²) in [6.07, 6.45) is 1.63. The van der Waals surface area contributed by atoms with Gasteiger partial charge in [-0.15, -0.1) is 0 Å². The lowest BCUT2D eigenvalue weighted by Gasteiger charge is -2.04. The molecule has 0 bridgehead atoms. The van der Waals surface area contributed by atoms with Gasteiger partial charge in [0, 0.05) is 5.56 Å². The first-order valence-electron chi connectivity index (χ1n) is 7.24. The van der Waals surface area contributed by atoms with E-state index in [-0.39, 0.29) is 5.75 Å². The Morgan fingerprint density at radius 3 is 2.71 bits per heavy atom. The van der Waals surface area contributed by atoms with E-state index >= 15 is 0 Å². The molecule has 122 valence electrons. The molecule has 2 N–H and O–H groups in total. The Labute approximate surface area is 144 Å². The van der Waals surface area contributed by atoms with Crippen LogP contribution in [0.15, 0.2) is 47.6 Å². The second-order valence-electron chi connectivity index (χ2n) is 5.21. The van der Waals surface area contributed by atoms with Crippen molar-refractivity contribution < 1.29 is 9.84 Å². The SMILES string of the molecule is COc1cc(/C=N/n2c(-c3ccc(C)cc3)n[nH]c2=S)ccc1O. The van der Waals surface area contributed by atoms with Crippen molar-refractivity contribution in [3.63, 3.8) is 0 Å². The third kappa shape index (κ3) is 3.21. The zero-order valence-corrected chi connectivity index (χ0v) is 14.0. The minimum atomic E-state index is 0.0786. The maximum Gasteiger partial charge on any atom is 0.216 e. The Morgan fingerprint density at radius 2 is 2.00 bits per heavy atom. The molecule has 0 spiro atoms. The molecule has 1 aromatic heterocycles. The summed E-state index contributed by atoms with van der Waals surface area (Å²) in [5, 5.41) is 21.0. The van der Waals surface area contributed by atoms with Crippen molar-refractivity contribution in [1.29, 1.82) is 0 Å². The molecule has 0 aliphatic heterocycles. The number of phenols is 1. The summed E-state index contributed by atoms with van der Waals surface area (Å²) < 4.78 is 7.04. The van der Waals surface area contributed by atoms with Gasteiger partial charge < -0.3 is 9.84 Å². The molecule has 0 fully saturated rings. The monoisotopic (exact) mass is 340 g/mol. The summed E-state index contributed by atoms with van der Waals surface area (Å²) in [5.74, 6) is 1.09. The number of benzene rings is 2. The molecule has 3 rings (SSSR count). The van der Waals surface area contributed by atoms with Gasteiger partial charge in [-0.05, 0) is 42.9 Å². The molecule has 6 nitrogen and oxygen atoms in total. The largest absolute Gasteiger partial charge is 0.504 e. The van der Waals surface area contributed by atoms with E-state index in [0.29, 0.717) is 16.3 Å². The number of rotatable bonds is 4. The van der Waals surface area contributed by atoms with Crippen LogP contribution < -0.4 is 4.74 Å². The molecule has 0 aliphatic rings. The second-order valence-corrected chi connectivity index (χ2v) is 5.59. The number of nitrogens with zero attached hydrogens (tertiary/aromatic N) is 3. The molecule has 0 saturated carbocycles. The summed E-state index contributed by atoms with van der Waals surface area (Å²) in [4.78, 5) is 0. The lowest BCUT2D eigenvalue weighted by atomic mass is 10.1. The van der Waals surface area contributed by atoms with Crippen LogP contribution in [0.4, 0.5) is 0 Å². The zero-order chi connectivity index (χ0) is 17.1. The van der Waals surface area contributed by atoms with Gasteiger partial charge in [0.15, 0.2) is 17.3 Å². The van der Waals surface area contributed by atoms with Crippen molar-refractivity contribution in [2.45, 2.75) is 6.92 Å². The van der Waals surface area contributed by atoms with Crippen LogP contribution in [-0.2, 0) is 0 Å². The molecule has 0 amide bonds. The second kappa shape index (κ2) is 6.67. The molecule has 3 aromatic rings. The van der Waals surface area contributed by atoms with E-state index in [1.807, 2.05) is 31.2 Å². The fourth-order valence-electron chi connectivity index (χ4n) is 2.19. The van der Waals surface area contributed by atoms with Gasteiger partial charge in [-0.3, -0.25) is 0 Å². The molecular weight excluding hydrogens is 324 g/mol. The van der Waals surface area contributed by atoms with Gasteiger partial charge in [0.25, 0.3) is 0 Å². The van der Waals surface area contributed by atoms with Gasteiger partial charge in [0.1, 0.15) is 0 Å². The van der Waals surface area contributed by atoms with E-state index in [0.717, 1.165) is 11.1 Å². The summed E-state index contributed by atoms with van der Waals surface area (Å²) in [5.41, 5.74) is 2.84. The molecule has 24 heavy (non-hydrogen) atoms. The van der Waals surface area contributed by atoms with E-state index in [9.17, 15) is 5.11 Å². The van der Waals surface area contributed by atoms with Crippen molar-refractivity contribution in [1.82, 2.24) is 14.9 Å². The molecule has 1 heterocycles. The standard InChI is InChI=1S/C17H16N4O2S/c1-11-3-6-13(7-4-11)16-19-20-17(24)21(16)18-10-12-5-8-14(22)15(9-12)23-2/h3-10,22H,1-2H3,(H,20,24)/b18-10+. The first-order valence-corrected chi connectivity index (χ1v) is 7.65. The molecular formula is C17H16N4O2S. The summed E-state index contributed by atoms with van der Waals surface area (Å²) in [6, 6.07) is 12.9. The van der Waals surface area contributed by atoms with E-state index in [4.69, 9.17) is 17.0 Å². The van der Waals surface area contributed by atoms with Crippen LogP contribution in [0.3, 0.4) is 0 Å². The van der Waals surface area contributed by atoms with Gasteiger partial charge in [0.2, 0.25) is 4.77 Å². The van der Waals surface area contributed by atoms with Crippen LogP contribution in [0.5, 0.6) is 11.5 Å². The quantitative estimate of drug-likeness (QED) is 0.563. The van der Waals surface area contributed by atoms with E-state index in [1.54, 1.807) is 29.1 Å². The number of methoxy groups -OCH3 is 1. The topological polar surface area (TPSA) is 75.4 Å². The van der Waals surface area contributed by atoms with Gasteiger partial charge in [0.05, 0.1) is 13.3 Å². The van der Waals surface area contributed by atoms with Crippen LogP contribution in [0.1, 0.15) is 11.1 Å². The predicted octanol–water partition coefficient (Wildman–Crippen LogP) is 3.51. The predicted molar refractivity (Wildman–Crippen MR) is 95.2 cm³/mol. The van der Waals surface area contributed by atoms with Crippen LogP contribution in [0.25, 0.3) is 11.4 Å². The number of hydrogen-bond donors (Lipinski definition) is 2. The highest BCUT2D eigenvalue weighted by Crippen LogP contribution is 2.25. The lowest BCUT2D eigenvalue weighted by Crippen LogP contribution is -1.95. The van der Waals surface area contributed by atoms with Crippen LogP contribution in [0.2, 0.25) is 0 Å². The van der Waals surface area contributed by atoms with Crippen molar-refractivity contribution in [2.75, 3.05) is 7.11 Å². The fraction of sp³-hybridized carbons (Fsp3) is 0.118. The Balaban J connectivity index is 1.97. The third-order valence-corrected chi connectivity index (χ3v) is 3.75. The number of nitrogens with one attached hydrogen (secondary N) is 1. The Bertz CT molecular complexity index is 942. The van der Waals surface area contributed by atoms with Crippen molar-refractivity contribution in [3.8, 4) is 22.9 Å². The summed E-state index contributed by atoms with van der Waals surface area (Å²) in [7, 11) is 1.50. The molecule has 0 aliphatic carbocycles. The van der Waals surface area contributed by atoms with Crippen molar-refractivity contribution in [2.24, 2.45) is 5.10 Å². The first kappa shape index (κ1) is 15.9. The van der Waals surface area contributed by atoms with Crippen LogP contribution in [-0.4, -0.2) is 33.3 Å². The van der Waals surface area contributed by atoms with Gasteiger partial charge in [-0.25, -0.2) is 5.10 Å². The molecule has 0 saturated heterocycles. The Morgan fingerprint density at radius 1 is 1.25 bits per heavy atom. The Kier molecular flexibility index (Phi) is 4.43. The van der Waals surface area contributed by atoms with E-state index < -0.39 is 0 Å². The normalized spacial score (nSPS) is 11.1. The minimum absolute atomic E-state index is 0.0786. The van der Waals surface area contributed by atoms with Crippen molar-refractivity contribution in [3.05, 3.63) is 58.4 Å². The number of aromatic hydroxyl groups is 1. The first-order chi connectivity index (χ1) is 11.6. The summed E-state index contributed by atoms with van der Waals surface area (Å²) in [6.45, 7) is 2.03. The van der Waals surface area contributed by atoms with E-state index in [1.165, 1.54) is 12.7 Å². The maximum atomic E-state index is 9.64. The number of aryl methyl sites for hydroxylation is 1. The highest BCUT2D eigenvalue weighted by Gasteiger charge is 2.08. The number of phenolic OH excluding ortho intramolecular Hbond substituents is 1. The highest BCUT2D eigenvalue weighted by atomic mass is 32.1. The molecule has 0 atom stereocenters. The molecule has 0 unspecified atom stereocenters. The average Bonchev–Trinajstić information content (AvgIpc) is 2.95. The highest BCUT2D eigenvalue weighted by molar-refractivity contribution is 7.71. The number of aromatic amines is 1. The number of H-pyrrole nitrogens is 1. The summed E-state index contributed by atoms with van der Waals surface area (Å²) >= 11 is 5.25. The van der Waals surface area contributed by atoms with Crippen LogP contribution >= 0.6 is 12.2 Å². The number of hydrogen-bond acceptors (Lipinski definition) is 5. The zero-order valence-electron chi connectivity index (χ0n) is 13.2. The lowest BCUT2D eigenvalue weighted by molar-refractivity contribution is 0.373. The van der Waals surface area contributed by atoms with Gasteiger partial charge in [-0.1, -0.05) is 29.8 Å².